The Morgan fingerprint density at radius 1 is 0.960 bits per heavy atom. The maximum absolute atomic E-state index is 13.2. The summed E-state index contributed by atoms with van der Waals surface area (Å²) in [6.45, 7) is 4.13. The molecule has 0 radical (unpaired) electrons. The lowest BCUT2D eigenvalue weighted by Gasteiger charge is -2.39. The molecule has 2 fully saturated rings. The number of benzene rings is 2. The highest BCUT2D eigenvalue weighted by Crippen LogP contribution is 2.43. The van der Waals surface area contributed by atoms with Crippen molar-refractivity contribution in [3.8, 4) is 0 Å². The normalized spacial score (nSPS) is 25.2. The zero-order valence-corrected chi connectivity index (χ0v) is 14.8. The van der Waals surface area contributed by atoms with Gasteiger partial charge in [0.05, 0.1) is 0 Å². The molecule has 2 saturated heterocycles. The van der Waals surface area contributed by atoms with Crippen molar-refractivity contribution in [1.29, 1.82) is 0 Å². The number of fused-ring (bicyclic) bond motifs is 2. The third kappa shape index (κ3) is 2.97. The van der Waals surface area contributed by atoms with Gasteiger partial charge in [-0.05, 0) is 86.4 Å². The maximum atomic E-state index is 13.2. The molecule has 2 aliphatic rings. The van der Waals surface area contributed by atoms with Gasteiger partial charge in [0.1, 0.15) is 5.82 Å². The standard InChI is InChI=1S/C22H24FNO/c1-14-3-4-17(11-15(14)2)22(25)24-20-9-10-21(24)13-18(12-20)16-5-7-19(23)8-6-16/h3-8,11,18,20-21H,9-10,12-13H2,1-2H3/t18?,20-,21+. The Morgan fingerprint density at radius 2 is 1.60 bits per heavy atom. The highest BCUT2D eigenvalue weighted by atomic mass is 19.1. The second-order valence-electron chi connectivity index (χ2n) is 7.62. The van der Waals surface area contributed by atoms with Crippen molar-refractivity contribution in [2.75, 3.05) is 0 Å². The van der Waals surface area contributed by atoms with Crippen molar-refractivity contribution in [1.82, 2.24) is 4.90 Å². The molecule has 2 heterocycles. The van der Waals surface area contributed by atoms with Crippen molar-refractivity contribution in [3.05, 3.63) is 70.5 Å². The Morgan fingerprint density at radius 3 is 2.20 bits per heavy atom. The lowest BCUT2D eigenvalue weighted by atomic mass is 9.84. The zero-order valence-electron chi connectivity index (χ0n) is 14.8. The fourth-order valence-electron chi connectivity index (χ4n) is 4.54. The molecule has 0 saturated carbocycles. The van der Waals surface area contributed by atoms with Crippen LogP contribution in [0.4, 0.5) is 4.39 Å². The van der Waals surface area contributed by atoms with Gasteiger partial charge in [-0.25, -0.2) is 4.39 Å². The van der Waals surface area contributed by atoms with Gasteiger partial charge in [-0.2, -0.15) is 0 Å². The van der Waals surface area contributed by atoms with Crippen LogP contribution in [0.5, 0.6) is 0 Å². The highest BCUT2D eigenvalue weighted by molar-refractivity contribution is 5.95. The minimum atomic E-state index is -0.186. The Hall–Kier alpha value is -2.16. The average Bonchev–Trinajstić information content (AvgIpc) is 2.87. The van der Waals surface area contributed by atoms with Gasteiger partial charge in [-0.1, -0.05) is 18.2 Å². The summed E-state index contributed by atoms with van der Waals surface area (Å²) in [7, 11) is 0. The van der Waals surface area contributed by atoms with E-state index in [4.69, 9.17) is 0 Å². The number of nitrogens with zero attached hydrogens (tertiary/aromatic N) is 1. The smallest absolute Gasteiger partial charge is 0.254 e. The Balaban J connectivity index is 1.55. The van der Waals surface area contributed by atoms with Crippen molar-refractivity contribution < 1.29 is 9.18 Å². The third-order valence-corrected chi connectivity index (χ3v) is 6.06. The summed E-state index contributed by atoms with van der Waals surface area (Å²) in [6, 6.07) is 13.5. The van der Waals surface area contributed by atoms with Crippen molar-refractivity contribution in [2.24, 2.45) is 0 Å². The number of aryl methyl sites for hydroxylation is 2. The van der Waals surface area contributed by atoms with Crippen LogP contribution in [0.15, 0.2) is 42.5 Å². The molecule has 25 heavy (non-hydrogen) atoms. The molecular weight excluding hydrogens is 313 g/mol. The summed E-state index contributed by atoms with van der Waals surface area (Å²) in [5.74, 6) is 0.420. The van der Waals surface area contributed by atoms with Crippen LogP contribution in [0.25, 0.3) is 0 Å². The molecule has 4 rings (SSSR count). The van der Waals surface area contributed by atoms with E-state index in [0.29, 0.717) is 18.0 Å². The fraction of sp³-hybridized carbons (Fsp3) is 0.409. The highest BCUT2D eigenvalue weighted by Gasteiger charge is 2.43. The summed E-state index contributed by atoms with van der Waals surface area (Å²) in [5, 5.41) is 0. The van der Waals surface area contributed by atoms with Crippen LogP contribution in [-0.4, -0.2) is 22.9 Å². The van der Waals surface area contributed by atoms with Gasteiger partial charge in [0.2, 0.25) is 0 Å². The van der Waals surface area contributed by atoms with E-state index in [-0.39, 0.29) is 11.7 Å². The Labute approximate surface area is 148 Å². The molecule has 2 bridgehead atoms. The van der Waals surface area contributed by atoms with Crippen LogP contribution in [0.1, 0.15) is 58.6 Å². The first-order chi connectivity index (χ1) is 12.0. The van der Waals surface area contributed by atoms with Crippen LogP contribution in [0.2, 0.25) is 0 Å². The predicted octanol–water partition coefficient (Wildman–Crippen LogP) is 4.99. The first-order valence-electron chi connectivity index (χ1n) is 9.18. The van der Waals surface area contributed by atoms with Gasteiger partial charge < -0.3 is 4.90 Å². The SMILES string of the molecule is Cc1ccc(C(=O)N2[C@@H]3CC[C@H]2CC(c2ccc(F)cc2)C3)cc1C. The molecule has 2 nitrogen and oxygen atoms in total. The summed E-state index contributed by atoms with van der Waals surface area (Å²) < 4.78 is 13.2. The molecule has 2 aliphatic heterocycles. The second-order valence-corrected chi connectivity index (χ2v) is 7.62. The Bertz CT molecular complexity index is 784. The molecule has 2 aromatic rings. The summed E-state index contributed by atoms with van der Waals surface area (Å²) in [4.78, 5) is 15.2. The number of amides is 1. The molecule has 130 valence electrons. The number of hydrogen-bond acceptors (Lipinski definition) is 1. The molecular formula is C22H24FNO. The van der Waals surface area contributed by atoms with Gasteiger partial charge in [0, 0.05) is 17.6 Å². The number of piperidine rings is 1. The second kappa shape index (κ2) is 6.29. The van der Waals surface area contributed by atoms with Crippen molar-refractivity contribution in [2.45, 2.75) is 57.5 Å². The van der Waals surface area contributed by atoms with Crippen LogP contribution >= 0.6 is 0 Å². The average molecular weight is 337 g/mol. The van der Waals surface area contributed by atoms with Gasteiger partial charge >= 0.3 is 0 Å². The van der Waals surface area contributed by atoms with Gasteiger partial charge in [-0.3, -0.25) is 4.79 Å². The quantitative estimate of drug-likeness (QED) is 0.756. The van der Waals surface area contributed by atoms with E-state index in [1.54, 1.807) is 12.1 Å². The fourth-order valence-corrected chi connectivity index (χ4v) is 4.54. The summed E-state index contributed by atoms with van der Waals surface area (Å²) >= 11 is 0. The lowest BCUT2D eigenvalue weighted by molar-refractivity contribution is 0.0571. The minimum Gasteiger partial charge on any atom is -0.333 e. The Kier molecular flexibility index (Phi) is 4.10. The number of rotatable bonds is 2. The van der Waals surface area contributed by atoms with E-state index < -0.39 is 0 Å². The monoisotopic (exact) mass is 337 g/mol. The van der Waals surface area contributed by atoms with Gasteiger partial charge in [0.25, 0.3) is 5.91 Å². The molecule has 2 aromatic carbocycles. The molecule has 0 aromatic heterocycles. The van der Waals surface area contributed by atoms with E-state index in [1.165, 1.54) is 16.7 Å². The lowest BCUT2D eigenvalue weighted by Crippen LogP contribution is -2.46. The zero-order chi connectivity index (χ0) is 17.6. The topological polar surface area (TPSA) is 20.3 Å². The van der Waals surface area contributed by atoms with Crippen LogP contribution in [0, 0.1) is 19.7 Å². The largest absolute Gasteiger partial charge is 0.333 e. The molecule has 3 heteroatoms. The van der Waals surface area contributed by atoms with E-state index >= 15 is 0 Å². The van der Waals surface area contributed by atoms with Gasteiger partial charge in [0.15, 0.2) is 0 Å². The first kappa shape index (κ1) is 16.3. The van der Waals surface area contributed by atoms with E-state index in [0.717, 1.165) is 31.2 Å². The molecule has 3 atom stereocenters. The van der Waals surface area contributed by atoms with Crippen LogP contribution < -0.4 is 0 Å². The number of hydrogen-bond donors (Lipinski definition) is 0. The van der Waals surface area contributed by atoms with Gasteiger partial charge in [-0.15, -0.1) is 0 Å². The number of carbonyl (C=O) groups is 1. The molecule has 0 aliphatic carbocycles. The maximum Gasteiger partial charge on any atom is 0.254 e. The molecule has 1 unspecified atom stereocenters. The van der Waals surface area contributed by atoms with Crippen molar-refractivity contribution in [3.63, 3.8) is 0 Å². The van der Waals surface area contributed by atoms with Crippen LogP contribution in [-0.2, 0) is 0 Å². The van der Waals surface area contributed by atoms with Crippen LogP contribution in [0.3, 0.4) is 0 Å². The number of carbonyl (C=O) groups excluding carboxylic acids is 1. The molecule has 0 spiro atoms. The van der Waals surface area contributed by atoms with E-state index in [2.05, 4.69) is 18.7 Å². The van der Waals surface area contributed by atoms with E-state index in [1.807, 2.05) is 30.3 Å². The first-order valence-corrected chi connectivity index (χ1v) is 9.18. The van der Waals surface area contributed by atoms with E-state index in [9.17, 15) is 9.18 Å². The molecule has 0 N–H and O–H groups in total. The summed E-state index contributed by atoms with van der Waals surface area (Å²) in [5.41, 5.74) is 4.39. The number of halogens is 1. The molecule has 1 amide bonds. The third-order valence-electron chi connectivity index (χ3n) is 6.06. The minimum absolute atomic E-state index is 0.174. The van der Waals surface area contributed by atoms with Crippen molar-refractivity contribution >= 4 is 5.91 Å². The summed E-state index contributed by atoms with van der Waals surface area (Å²) in [6.07, 6.45) is 4.13. The predicted molar refractivity (Wildman–Crippen MR) is 97.3 cm³/mol.